The van der Waals surface area contributed by atoms with E-state index in [1.165, 1.54) is 6.07 Å². The van der Waals surface area contributed by atoms with Gasteiger partial charge in [0.05, 0.1) is 28.7 Å². The number of ether oxygens (including phenoxy) is 1. The summed E-state index contributed by atoms with van der Waals surface area (Å²) >= 11 is 0. The van der Waals surface area contributed by atoms with Gasteiger partial charge in [-0.1, -0.05) is 18.2 Å². The molecule has 1 aromatic rings. The van der Waals surface area contributed by atoms with Gasteiger partial charge in [0, 0.05) is 6.54 Å². The number of amides is 1. The number of hydrogen-bond donors (Lipinski definition) is 1. The van der Waals surface area contributed by atoms with E-state index < -0.39 is 39.1 Å². The summed E-state index contributed by atoms with van der Waals surface area (Å²) < 4.78 is 30.6. The summed E-state index contributed by atoms with van der Waals surface area (Å²) in [5.74, 6) is -1.19. The zero-order valence-electron chi connectivity index (χ0n) is 13.9. The van der Waals surface area contributed by atoms with Crippen molar-refractivity contribution in [1.29, 1.82) is 0 Å². The summed E-state index contributed by atoms with van der Waals surface area (Å²) in [6.07, 6.45) is 0.375. The van der Waals surface area contributed by atoms with E-state index in [4.69, 9.17) is 4.74 Å². The number of sulfone groups is 1. The Morgan fingerprint density at radius 3 is 2.52 bits per heavy atom. The maximum atomic E-state index is 12.8. The molecular weight excluding hydrogens is 346 g/mol. The van der Waals surface area contributed by atoms with Crippen molar-refractivity contribution in [2.24, 2.45) is 5.92 Å². The molecule has 2 unspecified atom stereocenters. The first-order chi connectivity index (χ1) is 11.9. The Balaban J connectivity index is 2.07. The van der Waals surface area contributed by atoms with Crippen LogP contribution in [0.5, 0.6) is 0 Å². The SMILES string of the molecule is CCOC(=O)C1CCN(C(=O)O)C1c1ccccc1S(=O)(=O)C1CC1. The van der Waals surface area contributed by atoms with Crippen molar-refractivity contribution >= 4 is 21.9 Å². The second-order valence-corrected chi connectivity index (χ2v) is 8.55. The average Bonchev–Trinajstić information content (AvgIpc) is 3.34. The van der Waals surface area contributed by atoms with Gasteiger partial charge < -0.3 is 14.7 Å². The summed E-state index contributed by atoms with van der Waals surface area (Å²) in [6.45, 7) is 2.04. The van der Waals surface area contributed by atoms with Crippen LogP contribution in [0.25, 0.3) is 0 Å². The van der Waals surface area contributed by atoms with Crippen LogP contribution in [0.1, 0.15) is 37.8 Å². The fourth-order valence-electron chi connectivity index (χ4n) is 3.43. The Kier molecular flexibility index (Phi) is 4.73. The van der Waals surface area contributed by atoms with E-state index in [1.54, 1.807) is 25.1 Å². The molecule has 2 aliphatic rings. The molecule has 1 heterocycles. The van der Waals surface area contributed by atoms with Crippen molar-refractivity contribution in [3.63, 3.8) is 0 Å². The van der Waals surface area contributed by atoms with Crippen molar-refractivity contribution in [3.05, 3.63) is 29.8 Å². The molecule has 25 heavy (non-hydrogen) atoms. The molecular formula is C17H21NO6S. The molecule has 3 rings (SSSR count). The van der Waals surface area contributed by atoms with Crippen molar-refractivity contribution in [2.75, 3.05) is 13.2 Å². The minimum atomic E-state index is -3.52. The lowest BCUT2D eigenvalue weighted by atomic mass is 9.93. The minimum Gasteiger partial charge on any atom is -0.466 e. The van der Waals surface area contributed by atoms with Crippen LogP contribution in [0.2, 0.25) is 0 Å². The highest BCUT2D eigenvalue weighted by Gasteiger charge is 2.46. The van der Waals surface area contributed by atoms with Crippen LogP contribution in [0.3, 0.4) is 0 Å². The lowest BCUT2D eigenvalue weighted by molar-refractivity contribution is -0.148. The highest BCUT2D eigenvalue weighted by molar-refractivity contribution is 7.92. The molecule has 136 valence electrons. The molecule has 0 radical (unpaired) electrons. The van der Waals surface area contributed by atoms with Crippen molar-refractivity contribution in [3.8, 4) is 0 Å². The Morgan fingerprint density at radius 2 is 1.92 bits per heavy atom. The molecule has 0 bridgehead atoms. The molecule has 7 nitrogen and oxygen atoms in total. The van der Waals surface area contributed by atoms with Gasteiger partial charge in [-0.3, -0.25) is 4.79 Å². The number of carboxylic acid groups (broad SMARTS) is 1. The number of likely N-dealkylation sites (tertiary alicyclic amines) is 1. The van der Waals surface area contributed by atoms with Crippen LogP contribution in [-0.4, -0.2) is 48.9 Å². The van der Waals surface area contributed by atoms with Gasteiger partial charge in [-0.05, 0) is 37.8 Å². The third-order valence-electron chi connectivity index (χ3n) is 4.74. The van der Waals surface area contributed by atoms with Crippen LogP contribution < -0.4 is 0 Å². The van der Waals surface area contributed by atoms with Gasteiger partial charge in [0.25, 0.3) is 0 Å². The monoisotopic (exact) mass is 367 g/mol. The molecule has 1 aliphatic carbocycles. The smallest absolute Gasteiger partial charge is 0.407 e. The highest BCUT2D eigenvalue weighted by Crippen LogP contribution is 2.43. The van der Waals surface area contributed by atoms with E-state index in [-0.39, 0.29) is 18.0 Å². The van der Waals surface area contributed by atoms with Crippen molar-refractivity contribution in [2.45, 2.75) is 42.4 Å². The lowest BCUT2D eigenvalue weighted by Gasteiger charge is -2.27. The normalized spacial score (nSPS) is 23.5. The predicted molar refractivity (Wildman–Crippen MR) is 88.9 cm³/mol. The molecule has 8 heteroatoms. The van der Waals surface area contributed by atoms with Gasteiger partial charge in [-0.25, -0.2) is 13.2 Å². The maximum Gasteiger partial charge on any atom is 0.407 e. The second kappa shape index (κ2) is 6.67. The van der Waals surface area contributed by atoms with E-state index in [0.717, 1.165) is 4.90 Å². The molecule has 1 saturated heterocycles. The Labute approximate surface area is 146 Å². The van der Waals surface area contributed by atoms with Crippen LogP contribution >= 0.6 is 0 Å². The van der Waals surface area contributed by atoms with E-state index in [1.807, 2.05) is 0 Å². The lowest BCUT2D eigenvalue weighted by Crippen LogP contribution is -2.34. The van der Waals surface area contributed by atoms with Gasteiger partial charge in [0.1, 0.15) is 0 Å². The maximum absolute atomic E-state index is 12.8. The number of rotatable bonds is 5. The Morgan fingerprint density at radius 1 is 1.24 bits per heavy atom. The number of carbonyl (C=O) groups is 2. The first kappa shape index (κ1) is 17.7. The predicted octanol–water partition coefficient (Wildman–Crippen LogP) is 2.23. The summed E-state index contributed by atoms with van der Waals surface area (Å²) in [6, 6.07) is 5.55. The molecule has 2 fully saturated rings. The third-order valence-corrected chi connectivity index (χ3v) is 7.07. The van der Waals surface area contributed by atoms with E-state index in [9.17, 15) is 23.1 Å². The van der Waals surface area contributed by atoms with E-state index >= 15 is 0 Å². The quantitative estimate of drug-likeness (QED) is 0.801. The summed E-state index contributed by atoms with van der Waals surface area (Å²) in [5, 5.41) is 9.11. The molecule has 1 aliphatic heterocycles. The molecule has 1 N–H and O–H groups in total. The van der Waals surface area contributed by atoms with Gasteiger partial charge in [0.2, 0.25) is 0 Å². The average molecular weight is 367 g/mol. The van der Waals surface area contributed by atoms with Crippen LogP contribution in [0, 0.1) is 5.92 Å². The van der Waals surface area contributed by atoms with Gasteiger partial charge in [-0.2, -0.15) is 0 Å². The van der Waals surface area contributed by atoms with Crippen LogP contribution in [0.15, 0.2) is 29.2 Å². The fourth-order valence-corrected chi connectivity index (χ4v) is 5.33. The summed E-state index contributed by atoms with van der Waals surface area (Å²) in [7, 11) is -3.52. The fraction of sp³-hybridized carbons (Fsp3) is 0.529. The van der Waals surface area contributed by atoms with Crippen LogP contribution in [-0.2, 0) is 19.4 Å². The first-order valence-electron chi connectivity index (χ1n) is 8.37. The van der Waals surface area contributed by atoms with Gasteiger partial charge in [-0.15, -0.1) is 0 Å². The topological polar surface area (TPSA) is 101 Å². The molecule has 1 saturated carbocycles. The zero-order valence-corrected chi connectivity index (χ0v) is 14.7. The standard InChI is InChI=1S/C17H21NO6S/c1-2-24-16(19)13-9-10-18(17(20)21)15(13)12-5-3-4-6-14(12)25(22,23)11-7-8-11/h3-6,11,13,15H,2,7-10H2,1H3,(H,20,21). The zero-order chi connectivity index (χ0) is 18.2. The first-order valence-corrected chi connectivity index (χ1v) is 9.91. The van der Waals surface area contributed by atoms with Crippen LogP contribution in [0.4, 0.5) is 4.79 Å². The summed E-state index contributed by atoms with van der Waals surface area (Å²) in [4.78, 5) is 25.2. The Hall–Kier alpha value is -2.09. The number of hydrogen-bond acceptors (Lipinski definition) is 5. The highest BCUT2D eigenvalue weighted by atomic mass is 32.2. The van der Waals surface area contributed by atoms with Gasteiger partial charge >= 0.3 is 12.1 Å². The number of carbonyl (C=O) groups excluding carboxylic acids is 1. The van der Waals surface area contributed by atoms with E-state index in [2.05, 4.69) is 0 Å². The van der Waals surface area contributed by atoms with Gasteiger partial charge in [0.15, 0.2) is 9.84 Å². The number of benzene rings is 1. The Bertz CT molecular complexity index is 786. The largest absolute Gasteiger partial charge is 0.466 e. The molecule has 2 atom stereocenters. The third kappa shape index (κ3) is 3.22. The van der Waals surface area contributed by atoms with E-state index in [0.29, 0.717) is 24.8 Å². The summed E-state index contributed by atoms with van der Waals surface area (Å²) in [5.41, 5.74) is 0.368. The second-order valence-electron chi connectivity index (χ2n) is 6.35. The molecule has 0 aromatic heterocycles. The minimum absolute atomic E-state index is 0.130. The van der Waals surface area contributed by atoms with Crippen molar-refractivity contribution < 1.29 is 27.9 Å². The number of esters is 1. The molecule has 0 spiro atoms. The molecule has 1 amide bonds. The van der Waals surface area contributed by atoms with Crippen molar-refractivity contribution in [1.82, 2.24) is 4.90 Å². The number of nitrogens with zero attached hydrogens (tertiary/aromatic N) is 1. The molecule has 1 aromatic carbocycles.